The van der Waals surface area contributed by atoms with Crippen molar-refractivity contribution in [2.45, 2.75) is 53.1 Å². The third-order valence-electron chi connectivity index (χ3n) is 2.05. The molecule has 0 aliphatic rings. The third-order valence-corrected chi connectivity index (χ3v) is 2.05. The van der Waals surface area contributed by atoms with Gasteiger partial charge in [0.15, 0.2) is 0 Å². The van der Waals surface area contributed by atoms with Crippen LogP contribution in [0.5, 0.6) is 0 Å². The second-order valence-electron chi connectivity index (χ2n) is 4.37. The van der Waals surface area contributed by atoms with E-state index < -0.39 is 0 Å². The zero-order valence-electron chi connectivity index (χ0n) is 9.02. The molecule has 1 nitrogen and oxygen atoms in total. The van der Waals surface area contributed by atoms with Crippen molar-refractivity contribution in [1.82, 2.24) is 0 Å². The Hall–Kier alpha value is -0.0400. The summed E-state index contributed by atoms with van der Waals surface area (Å²) >= 11 is 0. The molecule has 12 heavy (non-hydrogen) atoms. The number of ether oxygens (including phenoxy) is 1. The predicted octanol–water partition coefficient (Wildman–Crippen LogP) is 3.44. The zero-order chi connectivity index (χ0) is 9.61. The molecule has 73 valence electrons. The van der Waals surface area contributed by atoms with Crippen molar-refractivity contribution in [2.24, 2.45) is 5.41 Å². The molecule has 0 saturated carbocycles. The molecular formula is C11H23O. The van der Waals surface area contributed by atoms with Gasteiger partial charge in [0, 0.05) is 6.61 Å². The van der Waals surface area contributed by atoms with E-state index in [-0.39, 0.29) is 5.41 Å². The van der Waals surface area contributed by atoms with E-state index in [2.05, 4.69) is 34.6 Å². The fourth-order valence-corrected chi connectivity index (χ4v) is 1.14. The fraction of sp³-hybridized carbons (Fsp3) is 0.909. The van der Waals surface area contributed by atoms with Crippen LogP contribution in [0.1, 0.15) is 47.0 Å². The highest BCUT2D eigenvalue weighted by atomic mass is 16.5. The summed E-state index contributed by atoms with van der Waals surface area (Å²) in [4.78, 5) is 0. The van der Waals surface area contributed by atoms with Crippen LogP contribution in [0.25, 0.3) is 0 Å². The third kappa shape index (κ3) is 4.76. The van der Waals surface area contributed by atoms with Crippen molar-refractivity contribution in [2.75, 3.05) is 6.61 Å². The molecule has 1 heteroatoms. The van der Waals surface area contributed by atoms with Gasteiger partial charge in [0.05, 0.1) is 6.10 Å². The van der Waals surface area contributed by atoms with Crippen molar-refractivity contribution >= 4 is 0 Å². The summed E-state index contributed by atoms with van der Waals surface area (Å²) in [5.41, 5.74) is 0.232. The lowest BCUT2D eigenvalue weighted by Gasteiger charge is -2.29. The van der Waals surface area contributed by atoms with Crippen molar-refractivity contribution in [3.05, 3.63) is 6.92 Å². The van der Waals surface area contributed by atoms with Crippen LogP contribution in [0.3, 0.4) is 0 Å². The standard InChI is InChI=1S/C11H23O/c1-6-8-9-12-10(7-2)11(3,4)5/h10H,2,6-9H2,1,3-5H3. The Bertz CT molecular complexity index is 102. The van der Waals surface area contributed by atoms with Gasteiger partial charge < -0.3 is 4.74 Å². The summed E-state index contributed by atoms with van der Waals surface area (Å²) in [5, 5.41) is 0. The minimum Gasteiger partial charge on any atom is -0.378 e. The summed E-state index contributed by atoms with van der Waals surface area (Å²) in [6, 6.07) is 0. The van der Waals surface area contributed by atoms with Gasteiger partial charge in [0.2, 0.25) is 0 Å². The monoisotopic (exact) mass is 171 g/mol. The highest BCUT2D eigenvalue weighted by Crippen LogP contribution is 2.24. The average Bonchev–Trinajstić information content (AvgIpc) is 1.95. The lowest BCUT2D eigenvalue weighted by Crippen LogP contribution is -2.29. The Morgan fingerprint density at radius 3 is 2.25 bits per heavy atom. The Morgan fingerprint density at radius 2 is 1.92 bits per heavy atom. The first-order chi connectivity index (χ1) is 5.52. The number of hydrogen-bond acceptors (Lipinski definition) is 1. The molecule has 0 aromatic rings. The molecule has 1 atom stereocenters. The maximum atomic E-state index is 5.73. The van der Waals surface area contributed by atoms with Crippen molar-refractivity contribution < 1.29 is 4.74 Å². The first kappa shape index (κ1) is 12.0. The highest BCUT2D eigenvalue weighted by Gasteiger charge is 2.22. The molecule has 0 aliphatic carbocycles. The SMILES string of the molecule is [CH2]CC(OCCCC)C(C)(C)C. The molecule has 1 unspecified atom stereocenters. The van der Waals surface area contributed by atoms with E-state index in [4.69, 9.17) is 4.74 Å². The molecule has 0 rings (SSSR count). The van der Waals surface area contributed by atoms with E-state index in [1.54, 1.807) is 0 Å². The maximum absolute atomic E-state index is 5.73. The molecule has 1 radical (unpaired) electrons. The summed E-state index contributed by atoms with van der Waals surface area (Å²) in [6.45, 7) is 13.6. The minimum absolute atomic E-state index is 0.232. The predicted molar refractivity (Wildman–Crippen MR) is 54.1 cm³/mol. The van der Waals surface area contributed by atoms with Gasteiger partial charge in [-0.2, -0.15) is 0 Å². The van der Waals surface area contributed by atoms with Gasteiger partial charge in [-0.1, -0.05) is 41.0 Å². The van der Waals surface area contributed by atoms with Crippen molar-refractivity contribution in [3.8, 4) is 0 Å². The number of hydrogen-bond donors (Lipinski definition) is 0. The van der Waals surface area contributed by atoms with Gasteiger partial charge in [-0.3, -0.25) is 0 Å². The summed E-state index contributed by atoms with van der Waals surface area (Å²) < 4.78 is 5.73. The van der Waals surface area contributed by atoms with Gasteiger partial charge >= 0.3 is 0 Å². The van der Waals surface area contributed by atoms with Gasteiger partial charge in [0.1, 0.15) is 0 Å². The smallest absolute Gasteiger partial charge is 0.0623 e. The molecule has 0 N–H and O–H groups in total. The lowest BCUT2D eigenvalue weighted by molar-refractivity contribution is -0.0169. The second-order valence-corrected chi connectivity index (χ2v) is 4.37. The van der Waals surface area contributed by atoms with Gasteiger partial charge in [-0.15, -0.1) is 0 Å². The minimum atomic E-state index is 0.232. The maximum Gasteiger partial charge on any atom is 0.0623 e. The Kier molecular flexibility index (Phi) is 5.56. The van der Waals surface area contributed by atoms with Crippen LogP contribution in [-0.4, -0.2) is 12.7 Å². The molecule has 0 fully saturated rings. The molecule has 0 spiro atoms. The van der Waals surface area contributed by atoms with E-state index >= 15 is 0 Å². The first-order valence-electron chi connectivity index (χ1n) is 4.93. The van der Waals surface area contributed by atoms with Crippen LogP contribution >= 0.6 is 0 Å². The van der Waals surface area contributed by atoms with E-state index in [0.29, 0.717) is 6.10 Å². The molecule has 0 heterocycles. The Balaban J connectivity index is 3.68. The summed E-state index contributed by atoms with van der Waals surface area (Å²) in [5.74, 6) is 0. The first-order valence-corrected chi connectivity index (χ1v) is 4.93. The average molecular weight is 171 g/mol. The van der Waals surface area contributed by atoms with Crippen LogP contribution in [0.15, 0.2) is 0 Å². The van der Waals surface area contributed by atoms with Crippen LogP contribution in [0.4, 0.5) is 0 Å². The Labute approximate surface area is 77.5 Å². The highest BCUT2D eigenvalue weighted by molar-refractivity contribution is 4.75. The molecule has 0 aliphatic heterocycles. The normalized spacial score (nSPS) is 14.8. The lowest BCUT2D eigenvalue weighted by atomic mass is 9.87. The molecule has 0 aromatic carbocycles. The quantitative estimate of drug-likeness (QED) is 0.576. The molecule has 0 amide bonds. The topological polar surface area (TPSA) is 9.23 Å². The van der Waals surface area contributed by atoms with E-state index in [1.165, 1.54) is 6.42 Å². The largest absolute Gasteiger partial charge is 0.378 e. The zero-order valence-corrected chi connectivity index (χ0v) is 9.02. The van der Waals surface area contributed by atoms with Crippen molar-refractivity contribution in [3.63, 3.8) is 0 Å². The number of rotatable bonds is 5. The van der Waals surface area contributed by atoms with Crippen LogP contribution in [-0.2, 0) is 4.74 Å². The summed E-state index contributed by atoms with van der Waals surface area (Å²) in [6.07, 6.45) is 3.54. The van der Waals surface area contributed by atoms with Crippen LogP contribution in [0.2, 0.25) is 0 Å². The van der Waals surface area contributed by atoms with Gasteiger partial charge in [0.25, 0.3) is 0 Å². The number of unbranched alkanes of at least 4 members (excludes halogenated alkanes) is 1. The van der Waals surface area contributed by atoms with Crippen molar-refractivity contribution in [1.29, 1.82) is 0 Å². The van der Waals surface area contributed by atoms with E-state index in [9.17, 15) is 0 Å². The molecule has 0 aromatic heterocycles. The fourth-order valence-electron chi connectivity index (χ4n) is 1.14. The van der Waals surface area contributed by atoms with Crippen LogP contribution in [0, 0.1) is 12.3 Å². The van der Waals surface area contributed by atoms with Crippen LogP contribution < -0.4 is 0 Å². The molecule has 0 saturated heterocycles. The molecule has 0 bridgehead atoms. The summed E-state index contributed by atoms with van der Waals surface area (Å²) in [7, 11) is 0. The van der Waals surface area contributed by atoms with E-state index in [1.807, 2.05) is 0 Å². The molecular weight excluding hydrogens is 148 g/mol. The second kappa shape index (κ2) is 5.58. The van der Waals surface area contributed by atoms with Gasteiger partial charge in [-0.25, -0.2) is 0 Å². The van der Waals surface area contributed by atoms with Gasteiger partial charge in [-0.05, 0) is 18.3 Å². The Morgan fingerprint density at radius 1 is 1.33 bits per heavy atom. The van der Waals surface area contributed by atoms with E-state index in [0.717, 1.165) is 19.4 Å².